The number of amides is 1. The minimum absolute atomic E-state index is 0.120. The summed E-state index contributed by atoms with van der Waals surface area (Å²) in [4.78, 5) is 21.2. The van der Waals surface area contributed by atoms with Crippen molar-refractivity contribution >= 4 is 17.3 Å². The van der Waals surface area contributed by atoms with E-state index in [1.54, 1.807) is 18.0 Å². The van der Waals surface area contributed by atoms with Crippen LogP contribution in [0.3, 0.4) is 0 Å². The van der Waals surface area contributed by atoms with Crippen molar-refractivity contribution in [2.24, 2.45) is 5.92 Å². The van der Waals surface area contributed by atoms with E-state index in [2.05, 4.69) is 20.6 Å². The Balaban J connectivity index is 1.43. The van der Waals surface area contributed by atoms with E-state index >= 15 is 0 Å². The van der Waals surface area contributed by atoms with Crippen molar-refractivity contribution in [3.63, 3.8) is 0 Å². The highest BCUT2D eigenvalue weighted by Gasteiger charge is 2.28. The van der Waals surface area contributed by atoms with Crippen LogP contribution in [0, 0.1) is 5.92 Å². The van der Waals surface area contributed by atoms with E-state index in [0.717, 1.165) is 42.9 Å². The minimum Gasteiger partial charge on any atom is -0.497 e. The van der Waals surface area contributed by atoms with Crippen molar-refractivity contribution in [1.29, 1.82) is 0 Å². The third kappa shape index (κ3) is 5.10. The van der Waals surface area contributed by atoms with Crippen LogP contribution in [-0.2, 0) is 11.2 Å². The zero-order chi connectivity index (χ0) is 22.0. The van der Waals surface area contributed by atoms with E-state index in [9.17, 15) is 4.79 Å². The van der Waals surface area contributed by atoms with Crippen molar-refractivity contribution in [3.05, 3.63) is 36.3 Å². The third-order valence-corrected chi connectivity index (χ3v) is 5.29. The van der Waals surface area contributed by atoms with E-state index in [-0.39, 0.29) is 12.1 Å². The molecule has 0 radical (unpaired) electrons. The molecule has 0 unspecified atom stereocenters. The van der Waals surface area contributed by atoms with Crippen LogP contribution >= 0.6 is 0 Å². The molecule has 1 amide bonds. The summed E-state index contributed by atoms with van der Waals surface area (Å²) >= 11 is 0. The van der Waals surface area contributed by atoms with Gasteiger partial charge < -0.3 is 14.8 Å². The van der Waals surface area contributed by atoms with Crippen molar-refractivity contribution in [2.75, 3.05) is 7.11 Å². The van der Waals surface area contributed by atoms with Crippen molar-refractivity contribution in [1.82, 2.24) is 30.3 Å². The number of rotatable bonds is 5. The number of aromatic nitrogens is 5. The van der Waals surface area contributed by atoms with Gasteiger partial charge in [0.15, 0.2) is 11.2 Å². The van der Waals surface area contributed by atoms with Gasteiger partial charge in [0.2, 0.25) is 0 Å². The lowest BCUT2D eigenvalue weighted by Crippen LogP contribution is -2.38. The average molecular weight is 425 g/mol. The number of ether oxygens (including phenoxy) is 2. The SMILES string of the molecule is COc1ccc(-n2nnc3cnc(C[C@H]4CC[C@H](NC(=O)OC(C)(C)C)C4)nc32)cc1. The Labute approximate surface area is 181 Å². The van der Waals surface area contributed by atoms with Gasteiger partial charge >= 0.3 is 6.09 Å². The minimum atomic E-state index is -0.494. The third-order valence-electron chi connectivity index (χ3n) is 5.29. The Bertz CT molecular complexity index is 1060. The smallest absolute Gasteiger partial charge is 0.407 e. The van der Waals surface area contributed by atoms with Gasteiger partial charge in [0.05, 0.1) is 19.0 Å². The number of carbonyl (C=O) groups excluding carboxylic acids is 1. The molecule has 9 heteroatoms. The molecule has 2 aromatic heterocycles. The number of hydrogen-bond acceptors (Lipinski definition) is 7. The van der Waals surface area contributed by atoms with Crippen LogP contribution in [0.15, 0.2) is 30.5 Å². The molecule has 0 spiro atoms. The van der Waals surface area contributed by atoms with Crippen LogP contribution in [0.2, 0.25) is 0 Å². The van der Waals surface area contributed by atoms with Crippen LogP contribution in [-0.4, -0.2) is 49.8 Å². The molecule has 2 heterocycles. The molecule has 0 saturated heterocycles. The van der Waals surface area contributed by atoms with Gasteiger partial charge in [0.25, 0.3) is 0 Å². The highest BCUT2D eigenvalue weighted by Crippen LogP contribution is 2.28. The highest BCUT2D eigenvalue weighted by atomic mass is 16.6. The molecule has 3 aromatic rings. The molecule has 2 atom stereocenters. The molecule has 0 bridgehead atoms. The Morgan fingerprint density at radius 2 is 2.00 bits per heavy atom. The first kappa shape index (κ1) is 21.0. The predicted molar refractivity (Wildman–Crippen MR) is 115 cm³/mol. The van der Waals surface area contributed by atoms with Gasteiger partial charge in [-0.25, -0.2) is 14.8 Å². The number of nitrogens with one attached hydrogen (secondary N) is 1. The number of hydrogen-bond donors (Lipinski definition) is 1. The monoisotopic (exact) mass is 424 g/mol. The molecule has 31 heavy (non-hydrogen) atoms. The molecule has 1 saturated carbocycles. The van der Waals surface area contributed by atoms with Crippen LogP contribution < -0.4 is 10.1 Å². The lowest BCUT2D eigenvalue weighted by molar-refractivity contribution is 0.0504. The van der Waals surface area contributed by atoms with Crippen molar-refractivity contribution in [3.8, 4) is 11.4 Å². The Morgan fingerprint density at radius 3 is 2.71 bits per heavy atom. The molecule has 164 valence electrons. The van der Waals surface area contributed by atoms with Gasteiger partial charge in [-0.15, -0.1) is 5.10 Å². The summed E-state index contributed by atoms with van der Waals surface area (Å²) in [5.41, 5.74) is 1.69. The average Bonchev–Trinajstić information content (AvgIpc) is 3.33. The first-order valence-electron chi connectivity index (χ1n) is 10.5. The second-order valence-corrected chi connectivity index (χ2v) is 8.92. The highest BCUT2D eigenvalue weighted by molar-refractivity contribution is 5.70. The fraction of sp³-hybridized carbons (Fsp3) is 0.500. The number of methoxy groups -OCH3 is 1. The largest absolute Gasteiger partial charge is 0.497 e. The molecule has 9 nitrogen and oxygen atoms in total. The first-order valence-corrected chi connectivity index (χ1v) is 10.5. The summed E-state index contributed by atoms with van der Waals surface area (Å²) in [6.07, 6.45) is 4.93. The fourth-order valence-corrected chi connectivity index (χ4v) is 3.88. The van der Waals surface area contributed by atoms with E-state index in [4.69, 9.17) is 14.5 Å². The summed E-state index contributed by atoms with van der Waals surface area (Å²) in [5.74, 6) is 1.94. The molecule has 1 N–H and O–H groups in total. The molecular weight excluding hydrogens is 396 g/mol. The van der Waals surface area contributed by atoms with Gasteiger partial charge in [-0.05, 0) is 70.2 Å². The summed E-state index contributed by atoms with van der Waals surface area (Å²) in [5, 5.41) is 11.4. The lowest BCUT2D eigenvalue weighted by Gasteiger charge is -2.21. The summed E-state index contributed by atoms with van der Waals surface area (Å²) in [6, 6.07) is 7.70. The molecule has 1 aliphatic carbocycles. The zero-order valence-electron chi connectivity index (χ0n) is 18.3. The van der Waals surface area contributed by atoms with Crippen molar-refractivity contribution < 1.29 is 14.3 Å². The Morgan fingerprint density at radius 1 is 1.23 bits per heavy atom. The normalized spacial score (nSPS) is 18.8. The molecule has 1 aliphatic rings. The predicted octanol–water partition coefficient (Wildman–Crippen LogP) is 3.46. The number of benzene rings is 1. The molecular formula is C22H28N6O3. The van der Waals surface area contributed by atoms with Crippen LogP contribution in [0.4, 0.5) is 4.79 Å². The number of fused-ring (bicyclic) bond motifs is 1. The van der Waals surface area contributed by atoms with Crippen LogP contribution in [0.1, 0.15) is 45.9 Å². The van der Waals surface area contributed by atoms with E-state index in [1.165, 1.54) is 0 Å². The van der Waals surface area contributed by atoms with Crippen LogP contribution in [0.25, 0.3) is 16.9 Å². The van der Waals surface area contributed by atoms with E-state index in [1.807, 2.05) is 45.0 Å². The van der Waals surface area contributed by atoms with E-state index in [0.29, 0.717) is 17.1 Å². The maximum Gasteiger partial charge on any atom is 0.407 e. The van der Waals surface area contributed by atoms with Gasteiger partial charge in [-0.3, -0.25) is 0 Å². The molecule has 4 rings (SSSR count). The Hall–Kier alpha value is -3.23. The topological polar surface area (TPSA) is 104 Å². The molecule has 1 fully saturated rings. The maximum atomic E-state index is 12.0. The van der Waals surface area contributed by atoms with Gasteiger partial charge in [-0.1, -0.05) is 5.21 Å². The number of alkyl carbamates (subject to hydrolysis) is 1. The van der Waals surface area contributed by atoms with E-state index < -0.39 is 5.60 Å². The Kier molecular flexibility index (Phi) is 5.75. The standard InChI is InChI=1S/C22H28N6O3/c1-22(2,3)31-21(29)24-15-6-5-14(11-15)12-19-23-13-18-20(25-19)28(27-26-18)16-7-9-17(30-4)10-8-16/h7-10,13-15H,5-6,11-12H2,1-4H3,(H,24,29)/t14-,15-/m0/s1. The molecule has 0 aliphatic heterocycles. The summed E-state index contributed by atoms with van der Waals surface area (Å²) in [7, 11) is 1.63. The first-order chi connectivity index (χ1) is 14.8. The number of nitrogens with zero attached hydrogens (tertiary/aromatic N) is 5. The summed E-state index contributed by atoms with van der Waals surface area (Å²) < 4.78 is 12.3. The molecule has 1 aromatic carbocycles. The zero-order valence-corrected chi connectivity index (χ0v) is 18.3. The van der Waals surface area contributed by atoms with Crippen LogP contribution in [0.5, 0.6) is 5.75 Å². The van der Waals surface area contributed by atoms with Crippen molar-refractivity contribution in [2.45, 2.75) is 58.1 Å². The van der Waals surface area contributed by atoms with Gasteiger partial charge in [0, 0.05) is 12.5 Å². The quantitative estimate of drug-likeness (QED) is 0.669. The lowest BCUT2D eigenvalue weighted by atomic mass is 10.0. The second kappa shape index (κ2) is 8.49. The maximum absolute atomic E-state index is 12.0. The van der Waals surface area contributed by atoms with Gasteiger partial charge in [-0.2, -0.15) is 4.68 Å². The van der Waals surface area contributed by atoms with Gasteiger partial charge in [0.1, 0.15) is 17.2 Å². The fourth-order valence-electron chi connectivity index (χ4n) is 3.88. The second-order valence-electron chi connectivity index (χ2n) is 8.92. The number of carbonyl (C=O) groups is 1. The summed E-state index contributed by atoms with van der Waals surface area (Å²) in [6.45, 7) is 5.59.